The van der Waals surface area contributed by atoms with Gasteiger partial charge in [0.25, 0.3) is 0 Å². The molecule has 0 saturated heterocycles. The third-order valence-electron chi connectivity index (χ3n) is 3.59. The monoisotopic (exact) mass is 359 g/mol. The van der Waals surface area contributed by atoms with Crippen LogP contribution in [-0.2, 0) is 15.1 Å². The van der Waals surface area contributed by atoms with Crippen LogP contribution < -0.4 is 5.32 Å². The van der Waals surface area contributed by atoms with Crippen molar-refractivity contribution in [3.05, 3.63) is 33.3 Å². The average molecular weight is 361 g/mol. The van der Waals surface area contributed by atoms with Crippen LogP contribution in [0.3, 0.4) is 0 Å². The molecule has 0 radical (unpaired) electrons. The van der Waals surface area contributed by atoms with E-state index in [0.717, 1.165) is 16.6 Å². The molecule has 1 atom stereocenters. The maximum atomic E-state index is 12.4. The first-order valence-corrected chi connectivity index (χ1v) is 8.02. The molecular formula is C15H19BrClNO2. The third kappa shape index (κ3) is 3.54. The molecule has 1 saturated carbocycles. The number of esters is 1. The summed E-state index contributed by atoms with van der Waals surface area (Å²) >= 11 is 9.69. The Labute approximate surface area is 133 Å². The van der Waals surface area contributed by atoms with Crippen molar-refractivity contribution in [1.29, 1.82) is 0 Å². The molecule has 3 nitrogen and oxygen atoms in total. The summed E-state index contributed by atoms with van der Waals surface area (Å²) in [5.74, 6) is 0.378. The summed E-state index contributed by atoms with van der Waals surface area (Å²) in [6, 6.07) is 5.55. The molecule has 2 rings (SSSR count). The topological polar surface area (TPSA) is 38.3 Å². The molecule has 20 heavy (non-hydrogen) atoms. The first-order valence-electron chi connectivity index (χ1n) is 6.85. The molecule has 1 aliphatic carbocycles. The van der Waals surface area contributed by atoms with Gasteiger partial charge in [-0.3, -0.25) is 5.32 Å². The Hall–Kier alpha value is -0.580. The molecule has 1 aromatic carbocycles. The largest absolute Gasteiger partial charge is 0.464 e. The van der Waals surface area contributed by atoms with Gasteiger partial charge >= 0.3 is 5.97 Å². The van der Waals surface area contributed by atoms with Crippen LogP contribution in [0, 0.1) is 5.92 Å². The summed E-state index contributed by atoms with van der Waals surface area (Å²) in [7, 11) is 0. The van der Waals surface area contributed by atoms with Gasteiger partial charge in [-0.25, -0.2) is 4.79 Å². The zero-order chi connectivity index (χ0) is 14.8. The molecular weight excluding hydrogens is 342 g/mol. The zero-order valence-corrected chi connectivity index (χ0v) is 14.1. The van der Waals surface area contributed by atoms with Gasteiger partial charge in [0.15, 0.2) is 0 Å². The van der Waals surface area contributed by atoms with E-state index >= 15 is 0 Å². The summed E-state index contributed by atoms with van der Waals surface area (Å²) in [6.07, 6.45) is 2.44. The molecule has 1 aromatic rings. The Morgan fingerprint density at radius 3 is 2.80 bits per heavy atom. The van der Waals surface area contributed by atoms with Crippen LogP contribution in [0.15, 0.2) is 22.7 Å². The second kappa shape index (κ2) is 6.46. The highest BCUT2D eigenvalue weighted by atomic mass is 79.9. The molecule has 0 aromatic heterocycles. The lowest BCUT2D eigenvalue weighted by Crippen LogP contribution is -2.48. The van der Waals surface area contributed by atoms with Crippen molar-refractivity contribution in [2.45, 2.75) is 32.2 Å². The summed E-state index contributed by atoms with van der Waals surface area (Å²) < 4.78 is 6.12. The summed E-state index contributed by atoms with van der Waals surface area (Å²) in [6.45, 7) is 4.81. The molecule has 0 spiro atoms. The Bertz CT molecular complexity index is 505. The number of benzene rings is 1. The van der Waals surface area contributed by atoms with Crippen LogP contribution in [-0.4, -0.2) is 19.1 Å². The van der Waals surface area contributed by atoms with Crippen LogP contribution in [0.2, 0.25) is 5.02 Å². The molecule has 1 aliphatic rings. The minimum absolute atomic E-state index is 0.287. The minimum Gasteiger partial charge on any atom is -0.464 e. The smallest absolute Gasteiger partial charge is 0.330 e. The molecule has 1 N–H and O–H groups in total. The van der Waals surface area contributed by atoms with Crippen molar-refractivity contribution < 1.29 is 9.53 Å². The van der Waals surface area contributed by atoms with Gasteiger partial charge in [-0.1, -0.05) is 33.6 Å². The maximum absolute atomic E-state index is 12.4. The van der Waals surface area contributed by atoms with Gasteiger partial charge in [0.2, 0.25) is 0 Å². The maximum Gasteiger partial charge on any atom is 0.330 e. The number of ether oxygens (including phenoxy) is 1. The van der Waals surface area contributed by atoms with Gasteiger partial charge < -0.3 is 4.74 Å². The van der Waals surface area contributed by atoms with E-state index in [2.05, 4.69) is 21.2 Å². The fraction of sp³-hybridized carbons (Fsp3) is 0.533. The number of carbonyl (C=O) groups excluding carboxylic acids is 1. The van der Waals surface area contributed by atoms with E-state index in [1.165, 1.54) is 12.8 Å². The number of nitrogens with one attached hydrogen (secondary N) is 1. The lowest BCUT2D eigenvalue weighted by Gasteiger charge is -2.30. The number of carbonyl (C=O) groups is 1. The van der Waals surface area contributed by atoms with Gasteiger partial charge in [-0.2, -0.15) is 0 Å². The molecule has 0 amide bonds. The normalized spacial score (nSPS) is 17.6. The molecule has 5 heteroatoms. The van der Waals surface area contributed by atoms with Crippen molar-refractivity contribution >= 4 is 33.5 Å². The second-order valence-corrected chi connectivity index (χ2v) is 6.62. The molecule has 0 heterocycles. The lowest BCUT2D eigenvalue weighted by atomic mass is 9.91. The zero-order valence-electron chi connectivity index (χ0n) is 11.7. The second-order valence-electron chi connectivity index (χ2n) is 5.29. The highest BCUT2D eigenvalue weighted by Gasteiger charge is 2.39. The van der Waals surface area contributed by atoms with Crippen molar-refractivity contribution in [1.82, 2.24) is 5.32 Å². The summed E-state index contributed by atoms with van der Waals surface area (Å²) in [4.78, 5) is 12.4. The number of halogens is 2. The fourth-order valence-corrected chi connectivity index (χ4v) is 2.98. The predicted molar refractivity (Wildman–Crippen MR) is 83.9 cm³/mol. The number of hydrogen-bond donors (Lipinski definition) is 1. The fourth-order valence-electron chi connectivity index (χ4n) is 2.12. The van der Waals surface area contributed by atoms with E-state index in [0.29, 0.717) is 17.5 Å². The highest BCUT2D eigenvalue weighted by molar-refractivity contribution is 9.10. The highest BCUT2D eigenvalue weighted by Crippen LogP contribution is 2.34. The first-order chi connectivity index (χ1) is 9.47. The molecule has 0 aliphatic heterocycles. The van der Waals surface area contributed by atoms with Crippen LogP contribution >= 0.6 is 27.5 Å². The van der Waals surface area contributed by atoms with Gasteiger partial charge in [-0.05, 0) is 51.3 Å². The van der Waals surface area contributed by atoms with Crippen LogP contribution in [0.4, 0.5) is 0 Å². The van der Waals surface area contributed by atoms with Gasteiger partial charge in [0, 0.05) is 15.1 Å². The molecule has 0 bridgehead atoms. The third-order valence-corrected chi connectivity index (χ3v) is 4.40. The average Bonchev–Trinajstić information content (AvgIpc) is 3.20. The van der Waals surface area contributed by atoms with Crippen molar-refractivity contribution in [2.24, 2.45) is 5.92 Å². The van der Waals surface area contributed by atoms with Crippen LogP contribution in [0.25, 0.3) is 0 Å². The minimum atomic E-state index is -0.906. The van der Waals surface area contributed by atoms with Gasteiger partial charge in [-0.15, -0.1) is 0 Å². The van der Waals surface area contributed by atoms with E-state index in [1.807, 2.05) is 26.0 Å². The number of hydrogen-bond acceptors (Lipinski definition) is 3. The van der Waals surface area contributed by atoms with E-state index < -0.39 is 5.54 Å². The Balaban J connectivity index is 2.29. The molecule has 1 unspecified atom stereocenters. The standard InChI is InChI=1S/C15H19BrClNO2/c1-3-20-14(19)15(2,18-9-10-4-5-10)12-7-6-11(16)8-13(12)17/h6-8,10,18H,3-5,9H2,1-2H3. The van der Waals surface area contributed by atoms with Crippen molar-refractivity contribution in [3.63, 3.8) is 0 Å². The van der Waals surface area contributed by atoms with Crippen LogP contribution in [0.5, 0.6) is 0 Å². The summed E-state index contributed by atoms with van der Waals surface area (Å²) in [5.41, 5.74) is -0.155. The van der Waals surface area contributed by atoms with Crippen LogP contribution in [0.1, 0.15) is 32.3 Å². The van der Waals surface area contributed by atoms with E-state index in [-0.39, 0.29) is 5.97 Å². The lowest BCUT2D eigenvalue weighted by molar-refractivity contribution is -0.151. The Morgan fingerprint density at radius 2 is 2.25 bits per heavy atom. The Morgan fingerprint density at radius 1 is 1.55 bits per heavy atom. The van der Waals surface area contributed by atoms with E-state index in [4.69, 9.17) is 16.3 Å². The van der Waals surface area contributed by atoms with E-state index in [9.17, 15) is 4.79 Å². The predicted octanol–water partition coefficient (Wildman–Crippen LogP) is 3.88. The van der Waals surface area contributed by atoms with Crippen molar-refractivity contribution in [2.75, 3.05) is 13.2 Å². The first kappa shape index (κ1) is 15.8. The molecule has 110 valence electrons. The Kier molecular flexibility index (Phi) is 5.10. The SMILES string of the molecule is CCOC(=O)C(C)(NCC1CC1)c1ccc(Br)cc1Cl. The summed E-state index contributed by atoms with van der Waals surface area (Å²) in [5, 5.41) is 3.90. The van der Waals surface area contributed by atoms with Crippen molar-refractivity contribution in [3.8, 4) is 0 Å². The number of rotatable bonds is 6. The quantitative estimate of drug-likeness (QED) is 0.782. The van der Waals surface area contributed by atoms with Gasteiger partial charge in [0.1, 0.15) is 5.54 Å². The molecule has 1 fully saturated rings. The van der Waals surface area contributed by atoms with E-state index in [1.54, 1.807) is 6.07 Å². The van der Waals surface area contributed by atoms with Gasteiger partial charge in [0.05, 0.1) is 6.61 Å².